The molecule has 0 aromatic carbocycles. The van der Waals surface area contributed by atoms with Crippen molar-refractivity contribution in [3.8, 4) is 0 Å². The molecule has 54 valence electrons. The lowest BCUT2D eigenvalue weighted by molar-refractivity contribution is 0.117. The molecule has 10 heavy (non-hydrogen) atoms. The van der Waals surface area contributed by atoms with E-state index in [1.54, 1.807) is 0 Å². The van der Waals surface area contributed by atoms with Crippen LogP contribution in [0, 0.1) is 0 Å². The van der Waals surface area contributed by atoms with Crippen molar-refractivity contribution < 1.29 is 14.3 Å². The normalized spacial score (nSPS) is 27.3. The summed E-state index contributed by atoms with van der Waals surface area (Å²) in [6.45, 7) is 0.251. The van der Waals surface area contributed by atoms with Gasteiger partial charge in [0.15, 0.2) is 0 Å². The highest BCUT2D eigenvalue weighted by atomic mass is 32.1. The number of hydrogen-bond acceptors (Lipinski definition) is 4. The van der Waals surface area contributed by atoms with Crippen LogP contribution in [-0.4, -0.2) is 32.5 Å². The molecule has 2 unspecified atom stereocenters. The third-order valence-electron chi connectivity index (χ3n) is 1.30. The zero-order valence-corrected chi connectivity index (χ0v) is 6.21. The molecule has 1 saturated heterocycles. The topological polar surface area (TPSA) is 35.5 Å². The first kappa shape index (κ1) is 7.79. The van der Waals surface area contributed by atoms with Gasteiger partial charge in [0.05, 0.1) is 7.85 Å². The first-order chi connectivity index (χ1) is 4.74. The summed E-state index contributed by atoms with van der Waals surface area (Å²) < 4.78 is 9.19. The van der Waals surface area contributed by atoms with Crippen LogP contribution in [0.3, 0.4) is 0 Å². The van der Waals surface area contributed by atoms with E-state index in [4.69, 9.17) is 7.85 Å². The second-order valence-electron chi connectivity index (χ2n) is 2.06. The fourth-order valence-electron chi connectivity index (χ4n) is 0.670. The van der Waals surface area contributed by atoms with Gasteiger partial charge in [0, 0.05) is 0 Å². The van der Waals surface area contributed by atoms with Gasteiger partial charge in [0.25, 0.3) is 0 Å². The van der Waals surface area contributed by atoms with Crippen molar-refractivity contribution in [3.05, 3.63) is 0 Å². The van der Waals surface area contributed by atoms with E-state index >= 15 is 0 Å². The zero-order chi connectivity index (χ0) is 7.56. The summed E-state index contributed by atoms with van der Waals surface area (Å²) in [5.74, 6) is 0.260. The van der Waals surface area contributed by atoms with Gasteiger partial charge < -0.3 is 9.47 Å². The van der Waals surface area contributed by atoms with Gasteiger partial charge in [-0.2, -0.15) is 12.6 Å². The third kappa shape index (κ3) is 1.59. The van der Waals surface area contributed by atoms with Crippen molar-refractivity contribution in [2.45, 2.75) is 11.9 Å². The average molecular weight is 158 g/mol. The largest absolute Gasteiger partial charge is 0.508 e. The predicted molar refractivity (Wildman–Crippen MR) is 39.6 cm³/mol. The first-order valence-electron chi connectivity index (χ1n) is 2.94. The summed E-state index contributed by atoms with van der Waals surface area (Å²) in [5, 5.41) is 0. The highest BCUT2D eigenvalue weighted by Gasteiger charge is 2.28. The molecular weight excluding hydrogens is 151 g/mol. The van der Waals surface area contributed by atoms with Crippen molar-refractivity contribution >= 4 is 26.6 Å². The Bertz CT molecular complexity index is 141. The summed E-state index contributed by atoms with van der Waals surface area (Å²) in [6, 6.07) is 0. The molecule has 0 aromatic rings. The third-order valence-corrected chi connectivity index (χ3v) is 1.72. The molecule has 1 rings (SSSR count). The van der Waals surface area contributed by atoms with E-state index in [1.165, 1.54) is 0 Å². The zero-order valence-electron chi connectivity index (χ0n) is 5.32. The molecular formula is C5H7BO3S. The van der Waals surface area contributed by atoms with Crippen LogP contribution in [0.15, 0.2) is 0 Å². The minimum absolute atomic E-state index is 0.227. The number of carbonyl (C=O) groups is 1. The van der Waals surface area contributed by atoms with Crippen LogP contribution in [-0.2, 0) is 9.47 Å². The summed E-state index contributed by atoms with van der Waals surface area (Å²) in [5.41, 5.74) is 0. The maximum atomic E-state index is 10.3. The van der Waals surface area contributed by atoms with Crippen molar-refractivity contribution in [2.75, 3.05) is 12.4 Å². The quantitative estimate of drug-likeness (QED) is 0.359. The molecule has 0 amide bonds. The maximum Gasteiger partial charge on any atom is 0.508 e. The molecule has 5 heteroatoms. The van der Waals surface area contributed by atoms with Crippen LogP contribution in [0.25, 0.3) is 0 Å². The molecule has 0 spiro atoms. The maximum absolute atomic E-state index is 10.3. The van der Waals surface area contributed by atoms with Crippen LogP contribution in [0.4, 0.5) is 4.79 Å². The van der Waals surface area contributed by atoms with Crippen LogP contribution < -0.4 is 0 Å². The highest BCUT2D eigenvalue weighted by Crippen LogP contribution is 2.18. The van der Waals surface area contributed by atoms with Crippen LogP contribution in [0.1, 0.15) is 0 Å². The van der Waals surface area contributed by atoms with Gasteiger partial charge in [0.2, 0.25) is 0 Å². The van der Waals surface area contributed by atoms with E-state index in [1.807, 2.05) is 0 Å². The Hall–Kier alpha value is -0.315. The monoisotopic (exact) mass is 158 g/mol. The van der Waals surface area contributed by atoms with E-state index in [0.29, 0.717) is 5.75 Å². The van der Waals surface area contributed by atoms with Crippen molar-refractivity contribution in [1.82, 2.24) is 0 Å². The van der Waals surface area contributed by atoms with Crippen LogP contribution >= 0.6 is 12.6 Å². The molecule has 0 saturated carbocycles. The van der Waals surface area contributed by atoms with Gasteiger partial charge in [-0.25, -0.2) is 4.79 Å². The minimum Gasteiger partial charge on any atom is -0.430 e. The molecule has 1 fully saturated rings. The van der Waals surface area contributed by atoms with E-state index < -0.39 is 6.16 Å². The molecule has 1 aliphatic heterocycles. The SMILES string of the molecule is [B]C(CS)C1COC(=O)O1. The summed E-state index contributed by atoms with van der Waals surface area (Å²) >= 11 is 3.95. The molecule has 0 N–H and O–H groups in total. The van der Waals surface area contributed by atoms with Gasteiger partial charge in [-0.1, -0.05) is 0 Å². The van der Waals surface area contributed by atoms with Crippen LogP contribution in [0.2, 0.25) is 5.82 Å². The Morgan fingerprint density at radius 2 is 2.60 bits per heavy atom. The number of rotatable bonds is 2. The summed E-state index contributed by atoms with van der Waals surface area (Å²) in [4.78, 5) is 10.3. The average Bonchev–Trinajstić information content (AvgIpc) is 2.34. The van der Waals surface area contributed by atoms with Gasteiger partial charge >= 0.3 is 6.16 Å². The fraction of sp³-hybridized carbons (Fsp3) is 0.800. The molecule has 1 aliphatic rings. The van der Waals surface area contributed by atoms with Crippen molar-refractivity contribution in [3.63, 3.8) is 0 Å². The fourth-order valence-corrected chi connectivity index (χ4v) is 0.906. The number of ether oxygens (including phenoxy) is 2. The number of cyclic esters (lactones) is 2. The molecule has 0 bridgehead atoms. The van der Waals surface area contributed by atoms with Gasteiger partial charge in [0.1, 0.15) is 12.7 Å². The molecule has 3 nitrogen and oxygen atoms in total. The lowest BCUT2D eigenvalue weighted by Crippen LogP contribution is -2.19. The van der Waals surface area contributed by atoms with E-state index in [2.05, 4.69) is 22.1 Å². The standard InChI is InChI=1S/C5H7BO3S/c6-3(2-10)4-1-8-5(7)9-4/h3-4,10H,1-2H2. The molecule has 0 aliphatic carbocycles. The molecule has 2 atom stereocenters. The number of hydrogen-bond donors (Lipinski definition) is 1. The lowest BCUT2D eigenvalue weighted by atomic mass is 9.84. The summed E-state index contributed by atoms with van der Waals surface area (Å²) in [6.07, 6.45) is -0.952. The van der Waals surface area contributed by atoms with Crippen molar-refractivity contribution in [2.24, 2.45) is 0 Å². The first-order valence-corrected chi connectivity index (χ1v) is 3.57. The Kier molecular flexibility index (Phi) is 2.48. The highest BCUT2D eigenvalue weighted by molar-refractivity contribution is 7.80. The second kappa shape index (κ2) is 3.19. The molecule has 2 radical (unpaired) electrons. The predicted octanol–water partition coefficient (Wildman–Crippen LogP) is 0.409. The van der Waals surface area contributed by atoms with Gasteiger partial charge in [-0.15, -0.1) is 0 Å². The minimum atomic E-state index is -0.637. The molecule has 0 aromatic heterocycles. The number of thiol groups is 1. The number of carbonyl (C=O) groups excluding carboxylic acids is 1. The second-order valence-corrected chi connectivity index (χ2v) is 2.43. The Morgan fingerprint density at radius 3 is 3.00 bits per heavy atom. The van der Waals surface area contributed by atoms with E-state index in [-0.39, 0.29) is 18.5 Å². The van der Waals surface area contributed by atoms with E-state index in [0.717, 1.165) is 0 Å². The van der Waals surface area contributed by atoms with E-state index in [9.17, 15) is 4.79 Å². The van der Waals surface area contributed by atoms with Gasteiger partial charge in [-0.05, 0) is 11.6 Å². The van der Waals surface area contributed by atoms with Gasteiger partial charge in [-0.3, -0.25) is 0 Å². The lowest BCUT2D eigenvalue weighted by Gasteiger charge is -2.12. The Balaban J connectivity index is 2.36. The van der Waals surface area contributed by atoms with Crippen molar-refractivity contribution in [1.29, 1.82) is 0 Å². The Morgan fingerprint density at radius 1 is 1.90 bits per heavy atom. The summed E-state index contributed by atoms with van der Waals surface area (Å²) in [7, 11) is 5.51. The smallest absolute Gasteiger partial charge is 0.430 e. The molecule has 1 heterocycles. The van der Waals surface area contributed by atoms with Crippen LogP contribution in [0.5, 0.6) is 0 Å². The Labute approximate surface area is 65.9 Å².